The van der Waals surface area contributed by atoms with Gasteiger partial charge < -0.3 is 9.47 Å². The smallest absolute Gasteiger partial charge is 0.139 e. The average molecular weight is 662 g/mol. The lowest BCUT2D eigenvalue weighted by Crippen LogP contribution is -2.55. The summed E-state index contributed by atoms with van der Waals surface area (Å²) in [5.41, 5.74) is 21.8. The molecule has 0 saturated heterocycles. The zero-order chi connectivity index (χ0) is 35.9. The van der Waals surface area contributed by atoms with Gasteiger partial charge in [-0.2, -0.15) is 0 Å². The number of fused-ring (bicyclic) bond motifs is 6. The molecule has 8 aromatic rings. The molecule has 244 valence electrons. The first kappa shape index (κ1) is 32.4. The third-order valence-corrected chi connectivity index (χ3v) is 12.1. The van der Waals surface area contributed by atoms with Crippen molar-refractivity contribution < 1.29 is 0 Å². The molecule has 0 amide bonds. The fraction of sp³-hybridized carbons (Fsp3) is 0.0667. The van der Waals surface area contributed by atoms with Crippen LogP contribution in [-0.2, 0) is 5.41 Å². The first-order valence-corrected chi connectivity index (χ1v) is 18.5. The number of anilines is 3. The van der Waals surface area contributed by atoms with Gasteiger partial charge in [-0.15, -0.1) is 16.4 Å². The Morgan fingerprint density at radius 1 is 0.500 bits per heavy atom. The Labute approximate surface area is 311 Å². The molecule has 0 atom stereocenters. The number of nitrogens with zero attached hydrogens (tertiary/aromatic N) is 2. The van der Waals surface area contributed by atoms with E-state index in [1.165, 1.54) is 88.2 Å². The molecule has 0 N–H and O–H groups in total. The van der Waals surface area contributed by atoms with E-state index in [4.69, 9.17) is 0 Å². The maximum Gasteiger partial charge on any atom is 0.139 e. The van der Waals surface area contributed by atoms with Crippen molar-refractivity contribution in [3.63, 3.8) is 0 Å². The summed E-state index contributed by atoms with van der Waals surface area (Å²) in [5.74, 6) is 0. The van der Waals surface area contributed by atoms with E-state index in [0.717, 1.165) is 17.1 Å². The van der Waals surface area contributed by atoms with E-state index < -0.39 is 0 Å². The molecule has 0 saturated carbocycles. The SMILES string of the molecule is Bc1c(B)c(B)c(-c2ccc(N(c3ccc4c5ccccc5n(-c5ccccc5)c4c3)c3cccc4c3C(C)(C)c3ccccc3-4)cc2)c(B)c1B. The Kier molecular flexibility index (Phi) is 7.49. The Hall–Kier alpha value is -5.54. The first-order chi connectivity index (χ1) is 25.2. The lowest BCUT2D eigenvalue weighted by molar-refractivity contribution is 0.661. The molecule has 0 fully saturated rings. The van der Waals surface area contributed by atoms with Crippen molar-refractivity contribution in [2.45, 2.75) is 19.3 Å². The van der Waals surface area contributed by atoms with Gasteiger partial charge in [-0.25, -0.2) is 0 Å². The molecule has 0 unspecified atom stereocenters. The van der Waals surface area contributed by atoms with E-state index in [2.05, 4.69) is 202 Å². The third kappa shape index (κ3) is 4.72. The van der Waals surface area contributed by atoms with Gasteiger partial charge in [0.05, 0.1) is 16.7 Å². The fourth-order valence-corrected chi connectivity index (χ4v) is 9.10. The van der Waals surface area contributed by atoms with Gasteiger partial charge in [-0.3, -0.25) is 0 Å². The van der Waals surface area contributed by atoms with Crippen molar-refractivity contribution in [2.24, 2.45) is 0 Å². The highest BCUT2D eigenvalue weighted by Gasteiger charge is 2.38. The quantitative estimate of drug-likeness (QED) is 0.257. The van der Waals surface area contributed by atoms with Gasteiger partial charge >= 0.3 is 0 Å². The monoisotopic (exact) mass is 662 g/mol. The maximum absolute atomic E-state index is 2.49. The van der Waals surface area contributed by atoms with E-state index in [1.54, 1.807) is 0 Å². The standard InChI is InChI=1S/C45H39B5N2/c1-45(2)34-16-8-6-13-30(34)33-15-10-18-36(39(33)45)51(28-21-19-26(20-22-28)38-40(46)42(48)44(50)43(49)41(38)47)29-23-24-32-31-14-7-9-17-35(31)52(37(32)25-29)27-11-4-3-5-12-27/h3-25H,46-50H2,1-2H3. The van der Waals surface area contributed by atoms with Gasteiger partial charge in [0.1, 0.15) is 39.2 Å². The van der Waals surface area contributed by atoms with Gasteiger partial charge in [0.2, 0.25) is 0 Å². The summed E-state index contributed by atoms with van der Waals surface area (Å²) in [6.45, 7) is 4.76. The second kappa shape index (κ2) is 12.0. The Morgan fingerprint density at radius 2 is 1.10 bits per heavy atom. The maximum atomic E-state index is 2.49. The second-order valence-corrected chi connectivity index (χ2v) is 15.1. The Bertz CT molecular complexity index is 2680. The van der Waals surface area contributed by atoms with Crippen molar-refractivity contribution in [3.05, 3.63) is 151 Å². The van der Waals surface area contributed by atoms with Crippen molar-refractivity contribution in [1.82, 2.24) is 4.57 Å². The average Bonchev–Trinajstić information content (AvgIpc) is 3.63. The summed E-state index contributed by atoms with van der Waals surface area (Å²) in [5, 5.41) is 2.51. The number of benzene rings is 7. The van der Waals surface area contributed by atoms with Gasteiger partial charge in [0.25, 0.3) is 0 Å². The summed E-state index contributed by atoms with van der Waals surface area (Å²) in [6, 6.07) is 51.6. The lowest BCUT2D eigenvalue weighted by Gasteiger charge is -2.32. The molecule has 1 aliphatic carbocycles. The molecule has 1 aliphatic rings. The lowest BCUT2D eigenvalue weighted by atomic mass is 9.60. The molecule has 7 aromatic carbocycles. The van der Waals surface area contributed by atoms with Crippen LogP contribution in [0.3, 0.4) is 0 Å². The molecule has 52 heavy (non-hydrogen) atoms. The summed E-state index contributed by atoms with van der Waals surface area (Å²) in [4.78, 5) is 2.49. The zero-order valence-electron chi connectivity index (χ0n) is 31.2. The van der Waals surface area contributed by atoms with E-state index in [1.807, 2.05) is 0 Å². The van der Waals surface area contributed by atoms with Crippen LogP contribution in [0.1, 0.15) is 25.0 Å². The Balaban J connectivity index is 1.30. The minimum atomic E-state index is -0.172. The van der Waals surface area contributed by atoms with Crippen LogP contribution >= 0.6 is 0 Å². The molecule has 9 rings (SSSR count). The van der Waals surface area contributed by atoms with Crippen LogP contribution < -0.4 is 32.2 Å². The summed E-state index contributed by atoms with van der Waals surface area (Å²) in [7, 11) is 11.3. The second-order valence-electron chi connectivity index (χ2n) is 15.1. The Morgan fingerprint density at radius 3 is 1.85 bits per heavy atom. The van der Waals surface area contributed by atoms with Crippen molar-refractivity contribution in [3.8, 4) is 27.9 Å². The zero-order valence-corrected chi connectivity index (χ0v) is 31.2. The van der Waals surface area contributed by atoms with Crippen LogP contribution in [0.5, 0.6) is 0 Å². The highest BCUT2D eigenvalue weighted by molar-refractivity contribution is 6.68. The van der Waals surface area contributed by atoms with E-state index in [0.29, 0.717) is 0 Å². The van der Waals surface area contributed by atoms with Gasteiger partial charge in [-0.1, -0.05) is 116 Å². The predicted octanol–water partition coefficient (Wildman–Crippen LogP) is 3.52. The molecule has 1 heterocycles. The van der Waals surface area contributed by atoms with Crippen LogP contribution in [0.15, 0.2) is 140 Å². The van der Waals surface area contributed by atoms with Gasteiger partial charge in [0.15, 0.2) is 0 Å². The molecular weight excluding hydrogens is 623 g/mol. The van der Waals surface area contributed by atoms with Gasteiger partial charge in [0, 0.05) is 33.2 Å². The number of para-hydroxylation sites is 2. The van der Waals surface area contributed by atoms with Crippen LogP contribution in [0.4, 0.5) is 17.1 Å². The third-order valence-electron chi connectivity index (χ3n) is 12.1. The van der Waals surface area contributed by atoms with E-state index in [9.17, 15) is 0 Å². The number of hydrogen-bond acceptors (Lipinski definition) is 1. The molecule has 0 spiro atoms. The van der Waals surface area contributed by atoms with Crippen LogP contribution in [-0.4, -0.2) is 43.8 Å². The minimum absolute atomic E-state index is 0.172. The topological polar surface area (TPSA) is 8.17 Å². The summed E-state index contributed by atoms with van der Waals surface area (Å²) < 4.78 is 2.41. The summed E-state index contributed by atoms with van der Waals surface area (Å²) in [6.07, 6.45) is 0. The van der Waals surface area contributed by atoms with Crippen LogP contribution in [0.25, 0.3) is 49.7 Å². The van der Waals surface area contributed by atoms with E-state index >= 15 is 0 Å². The molecule has 0 aliphatic heterocycles. The van der Waals surface area contributed by atoms with E-state index in [-0.39, 0.29) is 5.41 Å². The molecule has 7 heteroatoms. The van der Waals surface area contributed by atoms with Gasteiger partial charge in [-0.05, 0) is 81.9 Å². The highest BCUT2D eigenvalue weighted by atomic mass is 15.1. The molecule has 2 nitrogen and oxygen atoms in total. The van der Waals surface area contributed by atoms with Crippen molar-refractivity contribution >= 4 is 105 Å². The molecule has 1 aromatic heterocycles. The molecule has 0 bridgehead atoms. The first-order valence-electron chi connectivity index (χ1n) is 18.5. The van der Waals surface area contributed by atoms with Crippen molar-refractivity contribution in [2.75, 3.05) is 4.90 Å². The fourth-order valence-electron chi connectivity index (χ4n) is 9.10. The minimum Gasteiger partial charge on any atom is -0.310 e. The van der Waals surface area contributed by atoms with Crippen LogP contribution in [0.2, 0.25) is 0 Å². The largest absolute Gasteiger partial charge is 0.310 e. The number of hydrogen-bond donors (Lipinski definition) is 0. The predicted molar refractivity (Wildman–Crippen MR) is 239 cm³/mol. The van der Waals surface area contributed by atoms with Crippen molar-refractivity contribution in [1.29, 1.82) is 0 Å². The summed E-state index contributed by atoms with van der Waals surface area (Å²) >= 11 is 0. The highest BCUT2D eigenvalue weighted by Crippen LogP contribution is 2.54. The normalized spacial score (nSPS) is 13.0. The number of aromatic nitrogens is 1. The number of rotatable bonds is 5. The molecular formula is C45H39B5N2. The molecule has 0 radical (unpaired) electrons. The van der Waals surface area contributed by atoms with Crippen LogP contribution in [0, 0.1) is 0 Å².